The van der Waals surface area contributed by atoms with Crippen LogP contribution in [0.5, 0.6) is 0 Å². The SMILES string of the molecule is NCC1CCC[C@@H]2Cc3ccccc3[C@]12NCc1ccccc1. The Morgan fingerprint density at radius 1 is 1.00 bits per heavy atom. The molecule has 0 amide bonds. The molecule has 2 aromatic carbocycles. The quantitative estimate of drug-likeness (QED) is 0.905. The van der Waals surface area contributed by atoms with E-state index in [0.717, 1.165) is 13.1 Å². The first-order valence-corrected chi connectivity index (χ1v) is 8.92. The highest BCUT2D eigenvalue weighted by atomic mass is 15.0. The first-order valence-electron chi connectivity index (χ1n) is 8.92. The molecule has 0 aromatic heterocycles. The van der Waals surface area contributed by atoms with E-state index in [4.69, 9.17) is 5.73 Å². The lowest BCUT2D eigenvalue weighted by Gasteiger charge is -2.47. The molecule has 1 saturated carbocycles. The van der Waals surface area contributed by atoms with Crippen LogP contribution in [-0.4, -0.2) is 6.54 Å². The lowest BCUT2D eigenvalue weighted by atomic mass is 9.65. The van der Waals surface area contributed by atoms with Crippen molar-refractivity contribution in [3.05, 3.63) is 71.3 Å². The third-order valence-electron chi connectivity index (χ3n) is 6.03. The normalized spacial score (nSPS) is 29.1. The average Bonchev–Trinajstić information content (AvgIpc) is 2.95. The van der Waals surface area contributed by atoms with Crippen LogP contribution < -0.4 is 11.1 Å². The largest absolute Gasteiger partial charge is 0.330 e. The van der Waals surface area contributed by atoms with E-state index in [0.29, 0.717) is 11.8 Å². The van der Waals surface area contributed by atoms with E-state index >= 15 is 0 Å². The van der Waals surface area contributed by atoms with E-state index in [-0.39, 0.29) is 5.54 Å². The van der Waals surface area contributed by atoms with E-state index < -0.39 is 0 Å². The molecule has 0 bridgehead atoms. The van der Waals surface area contributed by atoms with Crippen molar-refractivity contribution in [2.24, 2.45) is 17.6 Å². The maximum absolute atomic E-state index is 6.23. The van der Waals surface area contributed by atoms with E-state index in [2.05, 4.69) is 59.9 Å². The third kappa shape index (κ3) is 2.41. The van der Waals surface area contributed by atoms with Crippen LogP contribution in [0.4, 0.5) is 0 Å². The molecule has 1 unspecified atom stereocenters. The molecule has 2 nitrogen and oxygen atoms in total. The van der Waals surface area contributed by atoms with E-state index in [1.165, 1.54) is 42.4 Å². The van der Waals surface area contributed by atoms with Gasteiger partial charge in [-0.2, -0.15) is 0 Å². The van der Waals surface area contributed by atoms with Gasteiger partial charge < -0.3 is 11.1 Å². The van der Waals surface area contributed by atoms with Crippen LogP contribution in [-0.2, 0) is 18.5 Å². The second kappa shape index (κ2) is 6.10. The second-order valence-corrected chi connectivity index (χ2v) is 7.13. The fraction of sp³-hybridized carbons (Fsp3) is 0.429. The predicted octanol–water partition coefficient (Wildman–Crippen LogP) is 3.60. The lowest BCUT2D eigenvalue weighted by molar-refractivity contribution is 0.0857. The monoisotopic (exact) mass is 306 g/mol. The Kier molecular flexibility index (Phi) is 3.96. The molecule has 2 heteroatoms. The van der Waals surface area contributed by atoms with Crippen LogP contribution in [0.2, 0.25) is 0 Å². The lowest BCUT2D eigenvalue weighted by Crippen LogP contribution is -2.55. The molecule has 3 N–H and O–H groups in total. The Bertz CT molecular complexity index is 659. The van der Waals surface area contributed by atoms with Gasteiger partial charge >= 0.3 is 0 Å². The summed E-state index contributed by atoms with van der Waals surface area (Å²) in [5.74, 6) is 1.22. The van der Waals surface area contributed by atoms with Crippen LogP contribution in [0.25, 0.3) is 0 Å². The molecule has 120 valence electrons. The maximum Gasteiger partial charge on any atom is 0.0512 e. The molecule has 0 heterocycles. The highest BCUT2D eigenvalue weighted by molar-refractivity contribution is 5.42. The van der Waals surface area contributed by atoms with Gasteiger partial charge in [0.15, 0.2) is 0 Å². The Labute approximate surface area is 139 Å². The van der Waals surface area contributed by atoms with Crippen molar-refractivity contribution in [1.82, 2.24) is 5.32 Å². The van der Waals surface area contributed by atoms with Gasteiger partial charge in [0.05, 0.1) is 5.54 Å². The molecule has 0 radical (unpaired) electrons. The minimum absolute atomic E-state index is 0.0689. The standard InChI is InChI=1S/C21H26N2/c22-14-19-11-6-10-18-13-17-9-4-5-12-20(17)21(18,19)23-15-16-7-2-1-3-8-16/h1-5,7-9,12,18-19,23H,6,10-11,13-15,22H2/t18-,19?,21-/m1/s1. The molecule has 0 aliphatic heterocycles. The molecular formula is C21H26N2. The number of hydrogen-bond donors (Lipinski definition) is 2. The van der Waals surface area contributed by atoms with Gasteiger partial charge in [0.25, 0.3) is 0 Å². The molecule has 2 aliphatic rings. The minimum Gasteiger partial charge on any atom is -0.330 e. The number of nitrogens with two attached hydrogens (primary N) is 1. The minimum atomic E-state index is 0.0689. The number of nitrogens with one attached hydrogen (secondary N) is 1. The van der Waals surface area contributed by atoms with Gasteiger partial charge in [0, 0.05) is 6.54 Å². The first-order chi connectivity index (χ1) is 11.3. The summed E-state index contributed by atoms with van der Waals surface area (Å²) in [6, 6.07) is 19.8. The van der Waals surface area contributed by atoms with E-state index in [1.807, 2.05) is 0 Å². The zero-order valence-corrected chi connectivity index (χ0v) is 13.7. The summed E-state index contributed by atoms with van der Waals surface area (Å²) in [6.07, 6.45) is 5.07. The molecule has 1 fully saturated rings. The second-order valence-electron chi connectivity index (χ2n) is 7.13. The predicted molar refractivity (Wildman–Crippen MR) is 95.0 cm³/mol. The Hall–Kier alpha value is -1.64. The molecule has 3 atom stereocenters. The molecule has 0 saturated heterocycles. The van der Waals surface area contributed by atoms with Crippen molar-refractivity contribution < 1.29 is 0 Å². The van der Waals surface area contributed by atoms with Crippen molar-refractivity contribution >= 4 is 0 Å². The van der Waals surface area contributed by atoms with Gasteiger partial charge in [-0.15, -0.1) is 0 Å². The van der Waals surface area contributed by atoms with Crippen LogP contribution in [0.3, 0.4) is 0 Å². The first kappa shape index (κ1) is 14.9. The maximum atomic E-state index is 6.23. The molecule has 4 rings (SSSR count). The summed E-state index contributed by atoms with van der Waals surface area (Å²) in [7, 11) is 0. The van der Waals surface area contributed by atoms with Crippen molar-refractivity contribution in [3.63, 3.8) is 0 Å². The highest BCUT2D eigenvalue weighted by Gasteiger charge is 2.52. The van der Waals surface area contributed by atoms with E-state index in [9.17, 15) is 0 Å². The fourth-order valence-corrected chi connectivity index (χ4v) is 5.00. The van der Waals surface area contributed by atoms with Crippen LogP contribution in [0.1, 0.15) is 36.0 Å². The van der Waals surface area contributed by atoms with Crippen LogP contribution in [0, 0.1) is 11.8 Å². The zero-order valence-electron chi connectivity index (χ0n) is 13.7. The van der Waals surface area contributed by atoms with Gasteiger partial charge in [-0.1, -0.05) is 61.0 Å². The van der Waals surface area contributed by atoms with Gasteiger partial charge in [-0.25, -0.2) is 0 Å². The smallest absolute Gasteiger partial charge is 0.0512 e. The van der Waals surface area contributed by atoms with Crippen molar-refractivity contribution in [1.29, 1.82) is 0 Å². The molecule has 23 heavy (non-hydrogen) atoms. The van der Waals surface area contributed by atoms with Gasteiger partial charge in [0.1, 0.15) is 0 Å². The van der Waals surface area contributed by atoms with Gasteiger partial charge in [-0.05, 0) is 54.3 Å². The molecule has 2 aromatic rings. The third-order valence-corrected chi connectivity index (χ3v) is 6.03. The number of rotatable bonds is 4. The van der Waals surface area contributed by atoms with Crippen molar-refractivity contribution in [2.45, 2.75) is 37.8 Å². The molecule has 2 aliphatic carbocycles. The summed E-state index contributed by atoms with van der Waals surface area (Å²) in [5.41, 5.74) is 10.7. The summed E-state index contributed by atoms with van der Waals surface area (Å²) in [5, 5.41) is 3.99. The summed E-state index contributed by atoms with van der Waals surface area (Å²) < 4.78 is 0. The number of fused-ring (bicyclic) bond motifs is 3. The Morgan fingerprint density at radius 3 is 2.61 bits per heavy atom. The number of hydrogen-bond acceptors (Lipinski definition) is 2. The summed E-state index contributed by atoms with van der Waals surface area (Å²) in [6.45, 7) is 1.69. The number of benzene rings is 2. The zero-order chi connectivity index (χ0) is 15.7. The summed E-state index contributed by atoms with van der Waals surface area (Å²) >= 11 is 0. The fourth-order valence-electron chi connectivity index (χ4n) is 5.00. The van der Waals surface area contributed by atoms with Gasteiger partial charge in [0.2, 0.25) is 0 Å². The average molecular weight is 306 g/mol. The Morgan fingerprint density at radius 2 is 1.78 bits per heavy atom. The molecule has 0 spiro atoms. The van der Waals surface area contributed by atoms with Crippen LogP contribution >= 0.6 is 0 Å². The van der Waals surface area contributed by atoms with Crippen LogP contribution in [0.15, 0.2) is 54.6 Å². The van der Waals surface area contributed by atoms with Crippen molar-refractivity contribution in [2.75, 3.05) is 6.54 Å². The Balaban J connectivity index is 1.72. The topological polar surface area (TPSA) is 38.0 Å². The molecular weight excluding hydrogens is 280 g/mol. The highest BCUT2D eigenvalue weighted by Crippen LogP contribution is 2.52. The van der Waals surface area contributed by atoms with E-state index in [1.54, 1.807) is 0 Å². The van der Waals surface area contributed by atoms with Crippen molar-refractivity contribution in [3.8, 4) is 0 Å². The van der Waals surface area contributed by atoms with Gasteiger partial charge in [-0.3, -0.25) is 0 Å². The summed E-state index contributed by atoms with van der Waals surface area (Å²) in [4.78, 5) is 0.